The summed E-state index contributed by atoms with van der Waals surface area (Å²) in [6.07, 6.45) is 5.41. The minimum atomic E-state index is 0.621. The fourth-order valence-electron chi connectivity index (χ4n) is 0.622. The van der Waals surface area contributed by atoms with E-state index in [0.717, 1.165) is 13.0 Å². The van der Waals surface area contributed by atoms with Crippen LogP contribution in [0.1, 0.15) is 27.2 Å². The Morgan fingerprint density at radius 3 is 2.56 bits per heavy atom. The van der Waals surface area contributed by atoms with Gasteiger partial charge >= 0.3 is 0 Å². The van der Waals surface area contributed by atoms with Gasteiger partial charge in [0, 0.05) is 6.04 Å². The average Bonchev–Trinajstić information content (AvgIpc) is 1.80. The number of allylic oxidation sites excluding steroid dienone is 1. The summed E-state index contributed by atoms with van der Waals surface area (Å²) in [5, 5.41) is 3.33. The highest BCUT2D eigenvalue weighted by atomic mass is 14.9. The second-order valence-corrected chi connectivity index (χ2v) is 2.47. The molecule has 0 heterocycles. The van der Waals surface area contributed by atoms with E-state index in [1.54, 1.807) is 0 Å². The molecule has 0 aromatic heterocycles. The normalized spacial score (nSPS) is 11.6. The van der Waals surface area contributed by atoms with Crippen LogP contribution in [-0.4, -0.2) is 12.6 Å². The van der Waals surface area contributed by atoms with Gasteiger partial charge in [-0.2, -0.15) is 0 Å². The van der Waals surface area contributed by atoms with Crippen LogP contribution in [0.15, 0.2) is 12.2 Å². The van der Waals surface area contributed by atoms with Gasteiger partial charge in [-0.05, 0) is 19.9 Å². The van der Waals surface area contributed by atoms with Crippen LogP contribution in [0.4, 0.5) is 0 Å². The molecule has 0 aliphatic rings. The van der Waals surface area contributed by atoms with Gasteiger partial charge in [-0.1, -0.05) is 26.0 Å². The van der Waals surface area contributed by atoms with Gasteiger partial charge in [-0.15, -0.1) is 0 Å². The standard InChI is InChI=1S/C8H17N/c1-4-5-6-7-9-8(2)3/h4-5,8-9H,6-7H2,1-3H3. The first-order chi connectivity index (χ1) is 4.27. The number of hydrogen-bond donors (Lipinski definition) is 1. The third-order valence-corrected chi connectivity index (χ3v) is 1.10. The Balaban J connectivity index is 2.91. The van der Waals surface area contributed by atoms with Gasteiger partial charge < -0.3 is 5.32 Å². The second kappa shape index (κ2) is 5.83. The van der Waals surface area contributed by atoms with Gasteiger partial charge in [0.25, 0.3) is 0 Å². The molecule has 1 nitrogen and oxygen atoms in total. The molecule has 0 saturated carbocycles. The lowest BCUT2D eigenvalue weighted by Crippen LogP contribution is -2.23. The van der Waals surface area contributed by atoms with E-state index in [4.69, 9.17) is 0 Å². The topological polar surface area (TPSA) is 12.0 Å². The van der Waals surface area contributed by atoms with Crippen LogP contribution in [0, 0.1) is 0 Å². The van der Waals surface area contributed by atoms with Crippen LogP contribution < -0.4 is 5.32 Å². The fourth-order valence-corrected chi connectivity index (χ4v) is 0.622. The first-order valence-corrected chi connectivity index (χ1v) is 3.62. The molecule has 1 heteroatoms. The van der Waals surface area contributed by atoms with E-state index in [1.165, 1.54) is 0 Å². The van der Waals surface area contributed by atoms with Gasteiger partial charge in [0.05, 0.1) is 0 Å². The lowest BCUT2D eigenvalue weighted by molar-refractivity contribution is 0.595. The molecule has 0 saturated heterocycles. The average molecular weight is 127 g/mol. The number of hydrogen-bond acceptors (Lipinski definition) is 1. The predicted octanol–water partition coefficient (Wildman–Crippen LogP) is 1.95. The molecule has 0 atom stereocenters. The summed E-state index contributed by atoms with van der Waals surface area (Å²) in [5.74, 6) is 0. The maximum absolute atomic E-state index is 3.33. The Hall–Kier alpha value is -0.300. The van der Waals surface area contributed by atoms with Gasteiger partial charge in [0.2, 0.25) is 0 Å². The van der Waals surface area contributed by atoms with Gasteiger partial charge in [0.1, 0.15) is 0 Å². The van der Waals surface area contributed by atoms with Gasteiger partial charge in [0.15, 0.2) is 0 Å². The van der Waals surface area contributed by atoms with Crippen LogP contribution in [0.5, 0.6) is 0 Å². The van der Waals surface area contributed by atoms with Crippen molar-refractivity contribution in [2.45, 2.75) is 33.2 Å². The van der Waals surface area contributed by atoms with Crippen molar-refractivity contribution in [2.24, 2.45) is 0 Å². The molecular formula is C8H17N. The predicted molar refractivity (Wildman–Crippen MR) is 42.6 cm³/mol. The zero-order chi connectivity index (χ0) is 7.11. The highest BCUT2D eigenvalue weighted by Crippen LogP contribution is 1.81. The highest BCUT2D eigenvalue weighted by Gasteiger charge is 1.86. The Morgan fingerprint density at radius 1 is 1.44 bits per heavy atom. The third-order valence-electron chi connectivity index (χ3n) is 1.10. The number of nitrogens with one attached hydrogen (secondary N) is 1. The van der Waals surface area contributed by atoms with Crippen molar-refractivity contribution in [1.82, 2.24) is 5.32 Å². The third kappa shape index (κ3) is 7.70. The van der Waals surface area contributed by atoms with Crippen molar-refractivity contribution in [1.29, 1.82) is 0 Å². The Labute approximate surface area is 58.2 Å². The van der Waals surface area contributed by atoms with Crippen LogP contribution in [-0.2, 0) is 0 Å². The van der Waals surface area contributed by atoms with Gasteiger partial charge in [-0.3, -0.25) is 0 Å². The Kier molecular flexibility index (Phi) is 5.64. The van der Waals surface area contributed by atoms with Crippen LogP contribution >= 0.6 is 0 Å². The molecule has 0 amide bonds. The highest BCUT2D eigenvalue weighted by molar-refractivity contribution is 4.77. The molecule has 1 N–H and O–H groups in total. The molecule has 9 heavy (non-hydrogen) atoms. The van der Waals surface area contributed by atoms with Crippen molar-refractivity contribution in [2.75, 3.05) is 6.54 Å². The molecular weight excluding hydrogens is 110 g/mol. The molecule has 0 aromatic rings. The van der Waals surface area contributed by atoms with E-state index in [1.807, 2.05) is 0 Å². The summed E-state index contributed by atoms with van der Waals surface area (Å²) in [4.78, 5) is 0. The second-order valence-electron chi connectivity index (χ2n) is 2.47. The van der Waals surface area contributed by atoms with Gasteiger partial charge in [-0.25, -0.2) is 0 Å². The van der Waals surface area contributed by atoms with Crippen molar-refractivity contribution in [3.8, 4) is 0 Å². The van der Waals surface area contributed by atoms with Crippen LogP contribution in [0.25, 0.3) is 0 Å². The maximum Gasteiger partial charge on any atom is 0.00105 e. The monoisotopic (exact) mass is 127 g/mol. The quantitative estimate of drug-likeness (QED) is 0.449. The fraction of sp³-hybridized carbons (Fsp3) is 0.750. The minimum Gasteiger partial charge on any atom is -0.314 e. The summed E-state index contributed by atoms with van der Waals surface area (Å²) in [7, 11) is 0. The SMILES string of the molecule is CC=CCCNC(C)C. The summed E-state index contributed by atoms with van der Waals surface area (Å²) < 4.78 is 0. The molecule has 0 aromatic carbocycles. The van der Waals surface area contributed by atoms with Crippen molar-refractivity contribution < 1.29 is 0 Å². The summed E-state index contributed by atoms with van der Waals surface area (Å²) in [6.45, 7) is 7.47. The van der Waals surface area contributed by atoms with Crippen LogP contribution in [0.2, 0.25) is 0 Å². The van der Waals surface area contributed by atoms with Crippen LogP contribution in [0.3, 0.4) is 0 Å². The Morgan fingerprint density at radius 2 is 2.11 bits per heavy atom. The van der Waals surface area contributed by atoms with Crippen molar-refractivity contribution in [3.05, 3.63) is 12.2 Å². The summed E-state index contributed by atoms with van der Waals surface area (Å²) in [5.41, 5.74) is 0. The van der Waals surface area contributed by atoms with E-state index >= 15 is 0 Å². The molecule has 0 fully saturated rings. The van der Waals surface area contributed by atoms with E-state index < -0.39 is 0 Å². The molecule has 0 rings (SSSR count). The molecule has 0 unspecified atom stereocenters. The summed E-state index contributed by atoms with van der Waals surface area (Å²) in [6, 6.07) is 0.621. The lowest BCUT2D eigenvalue weighted by atomic mass is 10.3. The molecule has 54 valence electrons. The maximum atomic E-state index is 3.33. The number of rotatable bonds is 4. The van der Waals surface area contributed by atoms with E-state index in [9.17, 15) is 0 Å². The molecule has 0 bridgehead atoms. The largest absolute Gasteiger partial charge is 0.314 e. The first kappa shape index (κ1) is 8.70. The molecule has 0 aliphatic carbocycles. The summed E-state index contributed by atoms with van der Waals surface area (Å²) >= 11 is 0. The zero-order valence-corrected chi connectivity index (χ0v) is 6.65. The van der Waals surface area contributed by atoms with E-state index in [0.29, 0.717) is 6.04 Å². The zero-order valence-electron chi connectivity index (χ0n) is 6.65. The smallest absolute Gasteiger partial charge is 0.00105 e. The Bertz CT molecular complexity index is 74.6. The first-order valence-electron chi connectivity index (χ1n) is 3.62. The molecule has 0 spiro atoms. The molecule has 0 radical (unpaired) electrons. The molecule has 0 aliphatic heterocycles. The lowest BCUT2D eigenvalue weighted by Gasteiger charge is -2.04. The minimum absolute atomic E-state index is 0.621. The van der Waals surface area contributed by atoms with Crippen molar-refractivity contribution >= 4 is 0 Å². The van der Waals surface area contributed by atoms with E-state index in [2.05, 4.69) is 38.2 Å². The van der Waals surface area contributed by atoms with Crippen molar-refractivity contribution in [3.63, 3.8) is 0 Å². The van der Waals surface area contributed by atoms with E-state index in [-0.39, 0.29) is 0 Å².